The molecular weight excluding hydrogens is 313 g/mol. The average Bonchev–Trinajstić information content (AvgIpc) is 2.24. The van der Waals surface area contributed by atoms with Crippen molar-refractivity contribution in [3.63, 3.8) is 0 Å². The largest absolute Gasteiger partial charge is 0.480 e. The summed E-state index contributed by atoms with van der Waals surface area (Å²) in [5.74, 6) is -1.65. The Balaban J connectivity index is 3.14. The van der Waals surface area contributed by atoms with Gasteiger partial charge in [0.25, 0.3) is 0 Å². The molecule has 0 aliphatic rings. The third-order valence-corrected chi connectivity index (χ3v) is 4.56. The zero-order valence-electron chi connectivity index (χ0n) is 10.2. The van der Waals surface area contributed by atoms with Gasteiger partial charge in [-0.2, -0.15) is 4.72 Å². The van der Waals surface area contributed by atoms with Crippen molar-refractivity contribution < 1.29 is 18.3 Å². The van der Waals surface area contributed by atoms with E-state index >= 15 is 0 Å². The van der Waals surface area contributed by atoms with Gasteiger partial charge in [-0.1, -0.05) is 37.0 Å². The van der Waals surface area contributed by atoms with Crippen molar-refractivity contribution in [3.05, 3.63) is 28.2 Å². The van der Waals surface area contributed by atoms with E-state index in [9.17, 15) is 13.2 Å². The van der Waals surface area contributed by atoms with Crippen LogP contribution in [0.2, 0.25) is 10.0 Å². The zero-order chi connectivity index (χ0) is 14.8. The number of halogens is 2. The highest BCUT2D eigenvalue weighted by molar-refractivity contribution is 7.89. The molecule has 1 rings (SSSR count). The van der Waals surface area contributed by atoms with Crippen molar-refractivity contribution in [2.24, 2.45) is 5.92 Å². The monoisotopic (exact) mass is 325 g/mol. The van der Waals surface area contributed by atoms with E-state index in [2.05, 4.69) is 4.72 Å². The molecule has 0 heterocycles. The van der Waals surface area contributed by atoms with Gasteiger partial charge in [0, 0.05) is 5.02 Å². The lowest BCUT2D eigenvalue weighted by molar-refractivity contribution is -0.140. The SMILES string of the molecule is CC(C)[C@H](NS(=O)(=O)c1ccc(Cl)cc1Cl)C(=O)O. The van der Waals surface area contributed by atoms with E-state index in [4.69, 9.17) is 28.3 Å². The number of rotatable bonds is 5. The molecule has 1 atom stereocenters. The standard InChI is InChI=1S/C11H13Cl2NO4S/c1-6(2)10(11(15)16)14-19(17,18)9-4-3-7(12)5-8(9)13/h3-6,10,14H,1-2H3,(H,15,16)/t10-/m0/s1. The highest BCUT2D eigenvalue weighted by atomic mass is 35.5. The minimum atomic E-state index is -4.02. The smallest absolute Gasteiger partial charge is 0.322 e. The first kappa shape index (κ1) is 16.2. The molecule has 0 radical (unpaired) electrons. The second-order valence-electron chi connectivity index (χ2n) is 4.26. The summed E-state index contributed by atoms with van der Waals surface area (Å²) in [4.78, 5) is 10.8. The van der Waals surface area contributed by atoms with Crippen LogP contribution in [0.1, 0.15) is 13.8 Å². The van der Waals surface area contributed by atoms with Gasteiger partial charge in [0.05, 0.1) is 5.02 Å². The Morgan fingerprint density at radius 2 is 1.89 bits per heavy atom. The molecule has 0 spiro atoms. The van der Waals surface area contributed by atoms with E-state index in [0.29, 0.717) is 5.02 Å². The summed E-state index contributed by atoms with van der Waals surface area (Å²) >= 11 is 11.5. The molecule has 0 saturated carbocycles. The highest BCUT2D eigenvalue weighted by Crippen LogP contribution is 2.25. The van der Waals surface area contributed by atoms with E-state index < -0.39 is 28.0 Å². The molecule has 0 saturated heterocycles. The molecule has 0 aliphatic heterocycles. The molecule has 0 fully saturated rings. The fourth-order valence-corrected chi connectivity index (χ4v) is 3.51. The number of carboxylic acids is 1. The van der Waals surface area contributed by atoms with Gasteiger partial charge in [0.15, 0.2) is 0 Å². The lowest BCUT2D eigenvalue weighted by atomic mass is 10.1. The van der Waals surface area contributed by atoms with E-state index in [-0.39, 0.29) is 9.92 Å². The Morgan fingerprint density at radius 3 is 2.32 bits per heavy atom. The molecule has 106 valence electrons. The van der Waals surface area contributed by atoms with Crippen molar-refractivity contribution in [2.45, 2.75) is 24.8 Å². The lowest BCUT2D eigenvalue weighted by Crippen LogP contribution is -2.44. The summed E-state index contributed by atoms with van der Waals surface area (Å²) in [5.41, 5.74) is 0. The molecule has 5 nitrogen and oxygen atoms in total. The topological polar surface area (TPSA) is 83.5 Å². The Hall–Kier alpha value is -0.820. The number of carboxylic acid groups (broad SMARTS) is 1. The zero-order valence-corrected chi connectivity index (χ0v) is 12.6. The summed E-state index contributed by atoms with van der Waals surface area (Å²) < 4.78 is 26.3. The van der Waals surface area contributed by atoms with Crippen molar-refractivity contribution in [1.29, 1.82) is 0 Å². The normalized spacial score (nSPS) is 13.5. The predicted molar refractivity (Wildman–Crippen MR) is 73.0 cm³/mol. The van der Waals surface area contributed by atoms with E-state index in [1.165, 1.54) is 18.2 Å². The first-order valence-electron chi connectivity index (χ1n) is 5.35. The van der Waals surface area contributed by atoms with Crippen LogP contribution in [0, 0.1) is 5.92 Å². The van der Waals surface area contributed by atoms with Crippen molar-refractivity contribution in [3.8, 4) is 0 Å². The molecule has 8 heteroatoms. The maximum atomic E-state index is 12.1. The minimum absolute atomic E-state index is 0.0621. The van der Waals surface area contributed by atoms with Gasteiger partial charge in [-0.15, -0.1) is 0 Å². The Bertz CT molecular complexity index is 586. The summed E-state index contributed by atoms with van der Waals surface area (Å²) in [6, 6.07) is 2.65. The number of carbonyl (C=O) groups is 1. The molecule has 0 bridgehead atoms. The maximum absolute atomic E-state index is 12.1. The number of aliphatic carboxylic acids is 1. The van der Waals surface area contributed by atoms with Crippen LogP contribution < -0.4 is 4.72 Å². The third-order valence-electron chi connectivity index (χ3n) is 2.40. The fraction of sp³-hybridized carbons (Fsp3) is 0.364. The maximum Gasteiger partial charge on any atom is 0.322 e. The van der Waals surface area contributed by atoms with E-state index in [1.54, 1.807) is 13.8 Å². The highest BCUT2D eigenvalue weighted by Gasteiger charge is 2.29. The van der Waals surface area contributed by atoms with E-state index in [1.807, 2.05) is 0 Å². The molecule has 2 N–H and O–H groups in total. The second-order valence-corrected chi connectivity index (χ2v) is 6.78. The lowest BCUT2D eigenvalue weighted by Gasteiger charge is -2.18. The van der Waals surface area contributed by atoms with Gasteiger partial charge in [0.2, 0.25) is 10.0 Å². The van der Waals surface area contributed by atoms with Gasteiger partial charge < -0.3 is 5.11 Å². The van der Waals surface area contributed by atoms with Crippen LogP contribution in [0.3, 0.4) is 0 Å². The van der Waals surface area contributed by atoms with Crippen molar-refractivity contribution in [1.82, 2.24) is 4.72 Å². The number of nitrogens with one attached hydrogen (secondary N) is 1. The van der Waals surface area contributed by atoms with Crippen LogP contribution in [0.25, 0.3) is 0 Å². The van der Waals surface area contributed by atoms with Gasteiger partial charge in [-0.05, 0) is 24.1 Å². The van der Waals surface area contributed by atoms with Crippen LogP contribution >= 0.6 is 23.2 Å². The van der Waals surface area contributed by atoms with Crippen LogP contribution in [-0.2, 0) is 14.8 Å². The molecule has 0 aromatic heterocycles. The number of sulfonamides is 1. The van der Waals surface area contributed by atoms with Crippen LogP contribution in [0.5, 0.6) is 0 Å². The van der Waals surface area contributed by atoms with Crippen molar-refractivity contribution >= 4 is 39.2 Å². The number of hydrogen-bond donors (Lipinski definition) is 2. The first-order valence-corrected chi connectivity index (χ1v) is 7.59. The third kappa shape index (κ3) is 4.07. The Morgan fingerprint density at radius 1 is 1.32 bits per heavy atom. The molecule has 1 aromatic rings. The van der Waals surface area contributed by atoms with Crippen LogP contribution in [0.15, 0.2) is 23.1 Å². The predicted octanol–water partition coefficient (Wildman–Crippen LogP) is 2.38. The number of hydrogen-bond acceptors (Lipinski definition) is 3. The van der Waals surface area contributed by atoms with Crippen molar-refractivity contribution in [2.75, 3.05) is 0 Å². The van der Waals surface area contributed by atoms with Gasteiger partial charge >= 0.3 is 5.97 Å². The minimum Gasteiger partial charge on any atom is -0.480 e. The Labute approximate surface area is 121 Å². The molecule has 0 amide bonds. The molecule has 0 unspecified atom stereocenters. The summed E-state index contributed by atoms with van der Waals surface area (Å²) in [7, 11) is -4.02. The molecule has 0 aliphatic carbocycles. The van der Waals surface area contributed by atoms with Gasteiger partial charge in [-0.3, -0.25) is 4.79 Å². The van der Waals surface area contributed by atoms with E-state index in [0.717, 1.165) is 0 Å². The van der Waals surface area contributed by atoms with Crippen LogP contribution in [0.4, 0.5) is 0 Å². The number of benzene rings is 1. The van der Waals surface area contributed by atoms with Gasteiger partial charge in [-0.25, -0.2) is 8.42 Å². The molecular formula is C11H13Cl2NO4S. The first-order chi connectivity index (χ1) is 8.65. The molecule has 19 heavy (non-hydrogen) atoms. The summed E-state index contributed by atoms with van der Waals surface area (Å²) in [6.07, 6.45) is 0. The average molecular weight is 326 g/mol. The Kier molecular flexibility index (Phi) is 5.20. The summed E-state index contributed by atoms with van der Waals surface area (Å²) in [5, 5.41) is 9.22. The van der Waals surface area contributed by atoms with Gasteiger partial charge in [0.1, 0.15) is 10.9 Å². The second kappa shape index (κ2) is 6.09. The fourth-order valence-electron chi connectivity index (χ4n) is 1.40. The molecule has 1 aromatic carbocycles. The summed E-state index contributed by atoms with van der Waals surface area (Å²) in [6.45, 7) is 3.20. The quantitative estimate of drug-likeness (QED) is 0.870. The van der Waals surface area contributed by atoms with Crippen LogP contribution in [-0.4, -0.2) is 25.5 Å².